The monoisotopic (exact) mass is 276 g/mol. The number of anilines is 1. The zero-order valence-corrected chi connectivity index (χ0v) is 11.5. The number of hydrogen-bond acceptors (Lipinski definition) is 5. The molecule has 6 nitrogen and oxygen atoms in total. The van der Waals surface area contributed by atoms with Crippen molar-refractivity contribution in [3.05, 3.63) is 18.1 Å². The largest absolute Gasteiger partial charge is 0.378 e. The van der Waals surface area contributed by atoms with Gasteiger partial charge in [-0.15, -0.1) is 0 Å². The van der Waals surface area contributed by atoms with Crippen molar-refractivity contribution in [2.75, 3.05) is 31.2 Å². The van der Waals surface area contributed by atoms with Crippen LogP contribution >= 0.6 is 0 Å². The third kappa shape index (κ3) is 3.07. The Hall–Kier alpha value is -1.69. The highest BCUT2D eigenvalue weighted by Gasteiger charge is 2.19. The van der Waals surface area contributed by atoms with E-state index in [1.807, 2.05) is 0 Å². The molecule has 1 aliphatic carbocycles. The molecule has 0 bridgehead atoms. The lowest BCUT2D eigenvalue weighted by molar-refractivity contribution is 0.0932. The lowest BCUT2D eigenvalue weighted by Gasteiger charge is -2.27. The van der Waals surface area contributed by atoms with Gasteiger partial charge in [-0.2, -0.15) is 0 Å². The fourth-order valence-corrected chi connectivity index (χ4v) is 2.72. The summed E-state index contributed by atoms with van der Waals surface area (Å²) >= 11 is 0. The third-order valence-electron chi connectivity index (χ3n) is 3.90. The summed E-state index contributed by atoms with van der Waals surface area (Å²) in [5.41, 5.74) is 0.397. The molecule has 108 valence electrons. The van der Waals surface area contributed by atoms with E-state index in [1.54, 1.807) is 12.4 Å². The van der Waals surface area contributed by atoms with E-state index >= 15 is 0 Å². The lowest BCUT2D eigenvalue weighted by atomic mass is 10.2. The maximum absolute atomic E-state index is 12.0. The summed E-state index contributed by atoms with van der Waals surface area (Å²) in [4.78, 5) is 22.7. The Morgan fingerprint density at radius 1 is 1.20 bits per heavy atom. The molecule has 1 aromatic rings. The molecule has 2 aliphatic rings. The van der Waals surface area contributed by atoms with Gasteiger partial charge in [0.15, 0.2) is 0 Å². The summed E-state index contributed by atoms with van der Waals surface area (Å²) in [6, 6.07) is 0.309. The van der Waals surface area contributed by atoms with Crippen LogP contribution in [0.15, 0.2) is 12.4 Å². The predicted octanol–water partition coefficient (Wildman–Crippen LogP) is 0.986. The summed E-state index contributed by atoms with van der Waals surface area (Å²) in [5, 5.41) is 3.02. The first-order valence-corrected chi connectivity index (χ1v) is 7.28. The van der Waals surface area contributed by atoms with Crippen LogP contribution in [0.5, 0.6) is 0 Å². The molecule has 1 saturated carbocycles. The Bertz CT molecular complexity index is 451. The van der Waals surface area contributed by atoms with Crippen LogP contribution < -0.4 is 10.2 Å². The SMILES string of the molecule is O=C(NC1CCCC1)c1cnc(N2CCOCC2)cn1. The number of morpholine rings is 1. The molecule has 20 heavy (non-hydrogen) atoms. The van der Waals surface area contributed by atoms with Gasteiger partial charge in [-0.05, 0) is 12.8 Å². The number of nitrogens with one attached hydrogen (secondary N) is 1. The molecule has 0 atom stereocenters. The van der Waals surface area contributed by atoms with Crippen molar-refractivity contribution in [3.8, 4) is 0 Å². The summed E-state index contributed by atoms with van der Waals surface area (Å²) < 4.78 is 5.30. The van der Waals surface area contributed by atoms with Crippen molar-refractivity contribution in [1.29, 1.82) is 0 Å². The van der Waals surface area contributed by atoms with E-state index in [1.165, 1.54) is 12.8 Å². The topological polar surface area (TPSA) is 67.4 Å². The van der Waals surface area contributed by atoms with Crippen LogP contribution in [-0.4, -0.2) is 48.2 Å². The van der Waals surface area contributed by atoms with Gasteiger partial charge in [-0.3, -0.25) is 4.79 Å². The number of carbonyl (C=O) groups is 1. The van der Waals surface area contributed by atoms with Gasteiger partial charge in [0.05, 0.1) is 25.6 Å². The molecule has 6 heteroatoms. The lowest BCUT2D eigenvalue weighted by Crippen LogP contribution is -2.37. The molecule has 0 radical (unpaired) electrons. The molecule has 2 heterocycles. The smallest absolute Gasteiger partial charge is 0.271 e. The van der Waals surface area contributed by atoms with E-state index in [0.29, 0.717) is 24.9 Å². The van der Waals surface area contributed by atoms with Gasteiger partial charge in [0, 0.05) is 19.1 Å². The average Bonchev–Trinajstić information content (AvgIpc) is 3.01. The minimum absolute atomic E-state index is 0.113. The first kappa shape index (κ1) is 13.3. The van der Waals surface area contributed by atoms with Gasteiger partial charge in [-0.1, -0.05) is 12.8 Å². The van der Waals surface area contributed by atoms with Gasteiger partial charge in [0.2, 0.25) is 0 Å². The standard InChI is InChI=1S/C14H20N4O2/c19-14(17-11-3-1-2-4-11)12-9-16-13(10-15-12)18-5-7-20-8-6-18/h9-11H,1-8H2,(H,17,19). The molecule has 2 fully saturated rings. The number of rotatable bonds is 3. The first-order chi connectivity index (χ1) is 9.83. The highest BCUT2D eigenvalue weighted by molar-refractivity contribution is 5.92. The van der Waals surface area contributed by atoms with Crippen molar-refractivity contribution in [3.63, 3.8) is 0 Å². The minimum atomic E-state index is -0.113. The highest BCUT2D eigenvalue weighted by Crippen LogP contribution is 2.18. The van der Waals surface area contributed by atoms with E-state index in [2.05, 4.69) is 20.2 Å². The molecule has 3 rings (SSSR count). The molecule has 1 saturated heterocycles. The van der Waals surface area contributed by atoms with Crippen LogP contribution in [0.25, 0.3) is 0 Å². The molecule has 1 aliphatic heterocycles. The quantitative estimate of drug-likeness (QED) is 0.891. The molecule has 1 aromatic heterocycles. The third-order valence-corrected chi connectivity index (χ3v) is 3.90. The fourth-order valence-electron chi connectivity index (χ4n) is 2.72. The normalized spacial score (nSPS) is 20.1. The summed E-state index contributed by atoms with van der Waals surface area (Å²) in [5.74, 6) is 0.698. The van der Waals surface area contributed by atoms with Gasteiger partial charge < -0.3 is 15.0 Å². The zero-order valence-electron chi connectivity index (χ0n) is 11.5. The zero-order chi connectivity index (χ0) is 13.8. The van der Waals surface area contributed by atoms with E-state index in [4.69, 9.17) is 4.74 Å². The second kappa shape index (κ2) is 6.17. The Labute approximate surface area is 118 Å². The molecule has 1 amide bonds. The van der Waals surface area contributed by atoms with Crippen LogP contribution in [0.1, 0.15) is 36.2 Å². The van der Waals surface area contributed by atoms with Crippen molar-refractivity contribution in [1.82, 2.24) is 15.3 Å². The Morgan fingerprint density at radius 2 is 1.95 bits per heavy atom. The van der Waals surface area contributed by atoms with Crippen molar-refractivity contribution >= 4 is 11.7 Å². The molecule has 0 aromatic carbocycles. The van der Waals surface area contributed by atoms with Crippen LogP contribution in [0.4, 0.5) is 5.82 Å². The number of ether oxygens (including phenoxy) is 1. The summed E-state index contributed by atoms with van der Waals surface area (Å²) in [6.45, 7) is 3.07. The number of aromatic nitrogens is 2. The summed E-state index contributed by atoms with van der Waals surface area (Å²) in [7, 11) is 0. The van der Waals surface area contributed by atoms with Gasteiger partial charge in [-0.25, -0.2) is 9.97 Å². The van der Waals surface area contributed by atoms with Crippen LogP contribution in [0.3, 0.4) is 0 Å². The van der Waals surface area contributed by atoms with E-state index in [9.17, 15) is 4.79 Å². The predicted molar refractivity (Wildman–Crippen MR) is 74.8 cm³/mol. The van der Waals surface area contributed by atoms with E-state index in [-0.39, 0.29) is 5.91 Å². The number of hydrogen-bond donors (Lipinski definition) is 1. The summed E-state index contributed by atoms with van der Waals surface area (Å²) in [6.07, 6.45) is 7.79. The second-order valence-corrected chi connectivity index (χ2v) is 5.31. The van der Waals surface area contributed by atoms with Gasteiger partial charge in [0.1, 0.15) is 11.5 Å². The number of nitrogens with zero attached hydrogens (tertiary/aromatic N) is 3. The molecule has 0 unspecified atom stereocenters. The average molecular weight is 276 g/mol. The molecule has 1 N–H and O–H groups in total. The van der Waals surface area contributed by atoms with Gasteiger partial charge >= 0.3 is 0 Å². The number of carbonyl (C=O) groups excluding carboxylic acids is 1. The first-order valence-electron chi connectivity index (χ1n) is 7.28. The van der Waals surface area contributed by atoms with Crippen molar-refractivity contribution in [2.24, 2.45) is 0 Å². The van der Waals surface area contributed by atoms with Crippen molar-refractivity contribution < 1.29 is 9.53 Å². The molecular weight excluding hydrogens is 256 g/mol. The fraction of sp³-hybridized carbons (Fsp3) is 0.643. The van der Waals surface area contributed by atoms with Crippen LogP contribution in [-0.2, 0) is 4.74 Å². The maximum atomic E-state index is 12.0. The highest BCUT2D eigenvalue weighted by atomic mass is 16.5. The van der Waals surface area contributed by atoms with E-state index < -0.39 is 0 Å². The number of amides is 1. The Balaban J connectivity index is 1.61. The van der Waals surface area contributed by atoms with Crippen molar-refractivity contribution in [2.45, 2.75) is 31.7 Å². The second-order valence-electron chi connectivity index (χ2n) is 5.31. The van der Waals surface area contributed by atoms with E-state index in [0.717, 1.165) is 31.7 Å². The Morgan fingerprint density at radius 3 is 2.60 bits per heavy atom. The van der Waals surface area contributed by atoms with Crippen LogP contribution in [0.2, 0.25) is 0 Å². The van der Waals surface area contributed by atoms with Gasteiger partial charge in [0.25, 0.3) is 5.91 Å². The van der Waals surface area contributed by atoms with Crippen LogP contribution in [0, 0.1) is 0 Å². The Kier molecular flexibility index (Phi) is 4.11. The molecular formula is C14H20N4O2. The molecule has 0 spiro atoms. The minimum Gasteiger partial charge on any atom is -0.378 e. The maximum Gasteiger partial charge on any atom is 0.271 e.